The predicted molar refractivity (Wildman–Crippen MR) is 103 cm³/mol. The average molecular weight is 373 g/mol. The second kappa shape index (κ2) is 7.37. The maximum Gasteiger partial charge on any atom is 0.231 e. The Hall–Kier alpha value is -1.92. The van der Waals surface area contributed by atoms with Crippen molar-refractivity contribution < 1.29 is 9.18 Å². The highest BCUT2D eigenvalue weighted by molar-refractivity contribution is 7.10. The first kappa shape index (κ1) is 17.5. The number of para-hydroxylation sites is 1. The third-order valence-corrected chi connectivity index (χ3v) is 6.53. The maximum atomic E-state index is 13.9. The topological polar surface area (TPSA) is 35.6 Å². The van der Waals surface area contributed by atoms with Gasteiger partial charge < -0.3 is 10.2 Å². The predicted octanol–water partition coefficient (Wildman–Crippen LogP) is 2.86. The van der Waals surface area contributed by atoms with Gasteiger partial charge in [0.2, 0.25) is 5.91 Å². The average Bonchev–Trinajstić information content (AvgIpc) is 3.29. The number of thiophene rings is 1. The van der Waals surface area contributed by atoms with Crippen LogP contribution < -0.4 is 10.2 Å². The summed E-state index contributed by atoms with van der Waals surface area (Å²) in [5.74, 6) is 0.0152. The number of anilines is 1. The van der Waals surface area contributed by atoms with Gasteiger partial charge in [0.05, 0.1) is 11.1 Å². The summed E-state index contributed by atoms with van der Waals surface area (Å²) in [4.78, 5) is 18.2. The van der Waals surface area contributed by atoms with E-state index >= 15 is 0 Å². The van der Waals surface area contributed by atoms with Crippen molar-refractivity contribution in [3.63, 3.8) is 0 Å². The van der Waals surface area contributed by atoms with Crippen molar-refractivity contribution in [2.45, 2.75) is 18.3 Å². The molecule has 2 aliphatic rings. The molecule has 2 heterocycles. The van der Waals surface area contributed by atoms with Gasteiger partial charge in [0, 0.05) is 44.1 Å². The number of nitrogens with zero attached hydrogens (tertiary/aromatic N) is 2. The highest BCUT2D eigenvalue weighted by atomic mass is 32.1. The summed E-state index contributed by atoms with van der Waals surface area (Å²) in [5, 5.41) is 5.16. The highest BCUT2D eigenvalue weighted by Crippen LogP contribution is 2.50. The van der Waals surface area contributed by atoms with Crippen LogP contribution in [0.3, 0.4) is 0 Å². The number of amides is 1. The van der Waals surface area contributed by atoms with Gasteiger partial charge in [0.15, 0.2) is 0 Å². The van der Waals surface area contributed by atoms with E-state index in [0.717, 1.165) is 45.6 Å². The van der Waals surface area contributed by atoms with E-state index < -0.39 is 0 Å². The molecule has 1 saturated carbocycles. The van der Waals surface area contributed by atoms with Gasteiger partial charge >= 0.3 is 0 Å². The fraction of sp³-hybridized carbons (Fsp3) is 0.450. The Morgan fingerprint density at radius 1 is 1.12 bits per heavy atom. The van der Waals surface area contributed by atoms with Gasteiger partial charge in [-0.2, -0.15) is 0 Å². The Morgan fingerprint density at radius 2 is 1.88 bits per heavy atom. The lowest BCUT2D eigenvalue weighted by atomic mass is 10.0. The van der Waals surface area contributed by atoms with Crippen molar-refractivity contribution in [2.75, 3.05) is 44.2 Å². The van der Waals surface area contributed by atoms with E-state index in [4.69, 9.17) is 0 Å². The normalized spacial score (nSPS) is 19.3. The molecule has 0 atom stereocenters. The molecule has 1 aliphatic carbocycles. The SMILES string of the molecule is O=C(NCCN1CCN(c2ccccc2F)CC1)C1(c2cccs2)CC1. The molecule has 1 aromatic heterocycles. The van der Waals surface area contributed by atoms with Crippen molar-refractivity contribution in [3.8, 4) is 0 Å². The number of carbonyl (C=O) groups is 1. The zero-order valence-electron chi connectivity index (χ0n) is 14.8. The van der Waals surface area contributed by atoms with Gasteiger partial charge in [-0.05, 0) is 36.4 Å². The molecule has 0 spiro atoms. The Morgan fingerprint density at radius 3 is 2.54 bits per heavy atom. The molecule has 0 unspecified atom stereocenters. The van der Waals surface area contributed by atoms with Crippen LogP contribution in [-0.2, 0) is 10.2 Å². The van der Waals surface area contributed by atoms with Crippen molar-refractivity contribution in [2.24, 2.45) is 0 Å². The van der Waals surface area contributed by atoms with Gasteiger partial charge in [-0.3, -0.25) is 9.69 Å². The summed E-state index contributed by atoms with van der Waals surface area (Å²) in [7, 11) is 0. The molecule has 1 amide bonds. The molecule has 1 saturated heterocycles. The zero-order valence-corrected chi connectivity index (χ0v) is 15.6. The van der Waals surface area contributed by atoms with Gasteiger partial charge in [0.1, 0.15) is 5.82 Å². The van der Waals surface area contributed by atoms with Crippen molar-refractivity contribution in [3.05, 3.63) is 52.5 Å². The van der Waals surface area contributed by atoms with Crippen LogP contribution in [0.4, 0.5) is 10.1 Å². The first-order chi connectivity index (χ1) is 12.7. The van der Waals surface area contributed by atoms with Gasteiger partial charge in [-0.15, -0.1) is 11.3 Å². The molecule has 4 rings (SSSR count). The monoisotopic (exact) mass is 373 g/mol. The van der Waals surface area contributed by atoms with Gasteiger partial charge in [-0.25, -0.2) is 4.39 Å². The summed E-state index contributed by atoms with van der Waals surface area (Å²) in [6.07, 6.45) is 1.92. The van der Waals surface area contributed by atoms with Crippen LogP contribution in [0.25, 0.3) is 0 Å². The van der Waals surface area contributed by atoms with Gasteiger partial charge in [-0.1, -0.05) is 18.2 Å². The van der Waals surface area contributed by atoms with Crippen LogP contribution in [0.5, 0.6) is 0 Å². The summed E-state index contributed by atoms with van der Waals surface area (Å²) in [6, 6.07) is 11.0. The fourth-order valence-corrected chi connectivity index (χ4v) is 4.66. The number of benzene rings is 1. The quantitative estimate of drug-likeness (QED) is 0.846. The van der Waals surface area contributed by atoms with Crippen LogP contribution in [0, 0.1) is 5.82 Å². The molecule has 4 nitrogen and oxygen atoms in total. The van der Waals surface area contributed by atoms with E-state index in [1.54, 1.807) is 17.4 Å². The summed E-state index contributed by atoms with van der Waals surface area (Å²) in [6.45, 7) is 4.92. The first-order valence-corrected chi connectivity index (χ1v) is 10.1. The van der Waals surface area contributed by atoms with Crippen molar-refractivity contribution in [1.82, 2.24) is 10.2 Å². The summed E-state index contributed by atoms with van der Waals surface area (Å²) < 4.78 is 13.9. The number of carbonyl (C=O) groups excluding carboxylic acids is 1. The molecule has 26 heavy (non-hydrogen) atoms. The van der Waals surface area contributed by atoms with Crippen LogP contribution in [0.2, 0.25) is 0 Å². The number of hydrogen-bond donors (Lipinski definition) is 1. The van der Waals surface area contributed by atoms with E-state index in [9.17, 15) is 9.18 Å². The number of piperazine rings is 1. The summed E-state index contributed by atoms with van der Waals surface area (Å²) in [5.41, 5.74) is 0.435. The van der Waals surface area contributed by atoms with E-state index in [1.807, 2.05) is 23.6 Å². The molecular formula is C20H24FN3OS. The van der Waals surface area contributed by atoms with Crippen LogP contribution in [0.1, 0.15) is 17.7 Å². The lowest BCUT2D eigenvalue weighted by Gasteiger charge is -2.36. The molecule has 0 bridgehead atoms. The maximum absolute atomic E-state index is 13.9. The van der Waals surface area contributed by atoms with E-state index in [2.05, 4.69) is 21.2 Å². The third-order valence-electron chi connectivity index (χ3n) is 5.46. The number of halogens is 1. The Labute approximate surface area is 157 Å². The lowest BCUT2D eigenvalue weighted by molar-refractivity contribution is -0.123. The van der Waals surface area contributed by atoms with Crippen LogP contribution in [-0.4, -0.2) is 50.1 Å². The third kappa shape index (κ3) is 3.48. The minimum atomic E-state index is -0.252. The fourth-order valence-electron chi connectivity index (χ4n) is 3.68. The molecule has 1 N–H and O–H groups in total. The molecular weight excluding hydrogens is 349 g/mol. The standard InChI is InChI=1S/C20H24FN3OS/c21-16-4-1-2-5-17(16)24-13-11-23(12-14-24)10-9-22-19(25)20(7-8-20)18-6-3-15-26-18/h1-6,15H,7-14H2,(H,22,25). The molecule has 1 aliphatic heterocycles. The number of rotatable bonds is 6. The molecule has 138 valence electrons. The van der Waals surface area contributed by atoms with Crippen molar-refractivity contribution in [1.29, 1.82) is 0 Å². The largest absolute Gasteiger partial charge is 0.367 e. The second-order valence-electron chi connectivity index (χ2n) is 7.10. The molecule has 0 radical (unpaired) electrons. The Kier molecular flexibility index (Phi) is 4.96. The van der Waals surface area contributed by atoms with E-state index in [-0.39, 0.29) is 17.1 Å². The molecule has 2 aromatic rings. The smallest absolute Gasteiger partial charge is 0.231 e. The minimum absolute atomic E-state index is 0.156. The van der Waals surface area contributed by atoms with Gasteiger partial charge in [0.25, 0.3) is 0 Å². The Balaban J connectivity index is 1.22. The number of hydrogen-bond acceptors (Lipinski definition) is 4. The van der Waals surface area contributed by atoms with E-state index in [1.165, 1.54) is 10.9 Å². The number of nitrogens with one attached hydrogen (secondary N) is 1. The minimum Gasteiger partial charge on any atom is -0.367 e. The van der Waals surface area contributed by atoms with Crippen LogP contribution in [0.15, 0.2) is 41.8 Å². The van der Waals surface area contributed by atoms with E-state index in [0.29, 0.717) is 12.2 Å². The highest BCUT2D eigenvalue weighted by Gasteiger charge is 2.51. The molecule has 6 heteroatoms. The van der Waals surface area contributed by atoms with Crippen LogP contribution >= 0.6 is 11.3 Å². The first-order valence-electron chi connectivity index (χ1n) is 9.23. The zero-order chi connectivity index (χ0) is 18.0. The summed E-state index contributed by atoms with van der Waals surface area (Å²) >= 11 is 1.67. The molecule has 2 fully saturated rings. The Bertz CT molecular complexity index is 752. The lowest BCUT2D eigenvalue weighted by Crippen LogP contribution is -2.49. The van der Waals surface area contributed by atoms with Crippen molar-refractivity contribution >= 4 is 22.9 Å². The second-order valence-corrected chi connectivity index (χ2v) is 8.04. The molecule has 1 aromatic carbocycles.